The minimum atomic E-state index is -0.890. The summed E-state index contributed by atoms with van der Waals surface area (Å²) in [4.78, 5) is 25.9. The number of nitrogens with zero attached hydrogens (tertiary/aromatic N) is 1. The van der Waals surface area contributed by atoms with E-state index in [2.05, 4.69) is 0 Å². The van der Waals surface area contributed by atoms with E-state index in [0.717, 1.165) is 0 Å². The zero-order valence-electron chi connectivity index (χ0n) is 14.3. The van der Waals surface area contributed by atoms with Crippen LogP contribution in [0.3, 0.4) is 0 Å². The van der Waals surface area contributed by atoms with E-state index in [1.165, 1.54) is 0 Å². The number of para-hydroxylation sites is 1. The van der Waals surface area contributed by atoms with Gasteiger partial charge in [0.15, 0.2) is 0 Å². The van der Waals surface area contributed by atoms with E-state index in [1.807, 2.05) is 13.0 Å². The molecule has 1 aromatic carbocycles. The summed E-state index contributed by atoms with van der Waals surface area (Å²) in [6, 6.07) is 7.05. The highest BCUT2D eigenvalue weighted by atomic mass is 16.5. The fraction of sp³-hybridized carbons (Fsp3) is 0.556. The Kier molecular flexibility index (Phi) is 6.20. The van der Waals surface area contributed by atoms with Crippen molar-refractivity contribution in [3.63, 3.8) is 0 Å². The van der Waals surface area contributed by atoms with Crippen LogP contribution in [0.1, 0.15) is 37.0 Å². The average molecular weight is 335 g/mol. The van der Waals surface area contributed by atoms with Crippen LogP contribution in [0.15, 0.2) is 24.3 Å². The summed E-state index contributed by atoms with van der Waals surface area (Å²) in [5.74, 6) is -0.541. The first-order chi connectivity index (χ1) is 11.5. The Morgan fingerprint density at radius 3 is 2.75 bits per heavy atom. The van der Waals surface area contributed by atoms with Crippen molar-refractivity contribution in [3.05, 3.63) is 29.8 Å². The Labute approximate surface area is 142 Å². The molecule has 1 aliphatic heterocycles. The fourth-order valence-electron chi connectivity index (χ4n) is 2.88. The summed E-state index contributed by atoms with van der Waals surface area (Å²) in [5.41, 5.74) is -0.429. The van der Waals surface area contributed by atoms with E-state index in [4.69, 9.17) is 9.47 Å². The van der Waals surface area contributed by atoms with Gasteiger partial charge in [0.1, 0.15) is 12.4 Å². The third-order valence-electron chi connectivity index (χ3n) is 4.31. The topological polar surface area (TPSA) is 76.1 Å². The molecule has 2 rings (SSSR count). The number of hydrogen-bond acceptors (Lipinski definition) is 4. The number of benzene rings is 1. The van der Waals surface area contributed by atoms with Crippen LogP contribution < -0.4 is 4.74 Å². The van der Waals surface area contributed by atoms with Gasteiger partial charge in [0.2, 0.25) is 0 Å². The Morgan fingerprint density at radius 2 is 2.04 bits per heavy atom. The lowest BCUT2D eigenvalue weighted by Crippen LogP contribution is -2.48. The molecule has 1 fully saturated rings. The number of carboxylic acid groups (broad SMARTS) is 1. The van der Waals surface area contributed by atoms with Gasteiger partial charge in [-0.3, -0.25) is 9.59 Å². The van der Waals surface area contributed by atoms with Crippen LogP contribution in [-0.4, -0.2) is 54.8 Å². The van der Waals surface area contributed by atoms with Crippen LogP contribution in [-0.2, 0) is 9.53 Å². The van der Waals surface area contributed by atoms with Crippen molar-refractivity contribution >= 4 is 11.9 Å². The largest absolute Gasteiger partial charge is 0.490 e. The molecule has 24 heavy (non-hydrogen) atoms. The first-order valence-corrected chi connectivity index (χ1v) is 8.30. The van der Waals surface area contributed by atoms with Gasteiger partial charge in [-0.25, -0.2) is 0 Å². The number of carbonyl (C=O) groups is 2. The molecular weight excluding hydrogens is 310 g/mol. The SMILES string of the molecule is CCOCCOc1ccccc1C(=O)N1CCCC(C)(C(=O)O)C1. The van der Waals surface area contributed by atoms with Gasteiger partial charge in [-0.1, -0.05) is 12.1 Å². The van der Waals surface area contributed by atoms with E-state index >= 15 is 0 Å². The second-order valence-corrected chi connectivity index (χ2v) is 6.24. The van der Waals surface area contributed by atoms with E-state index < -0.39 is 11.4 Å². The van der Waals surface area contributed by atoms with Crippen molar-refractivity contribution < 1.29 is 24.2 Å². The van der Waals surface area contributed by atoms with E-state index in [0.29, 0.717) is 50.5 Å². The Balaban J connectivity index is 2.10. The molecule has 0 radical (unpaired) electrons. The molecule has 0 saturated carbocycles. The van der Waals surface area contributed by atoms with Gasteiger partial charge in [-0.05, 0) is 38.8 Å². The van der Waals surface area contributed by atoms with Crippen molar-refractivity contribution in [2.45, 2.75) is 26.7 Å². The summed E-state index contributed by atoms with van der Waals surface area (Å²) in [6.07, 6.45) is 1.26. The summed E-state index contributed by atoms with van der Waals surface area (Å²) in [7, 11) is 0. The maximum absolute atomic E-state index is 12.8. The van der Waals surface area contributed by atoms with Crippen molar-refractivity contribution in [2.75, 3.05) is 32.9 Å². The van der Waals surface area contributed by atoms with Crippen molar-refractivity contribution in [1.82, 2.24) is 4.90 Å². The molecule has 0 aliphatic carbocycles. The third-order valence-corrected chi connectivity index (χ3v) is 4.31. The lowest BCUT2D eigenvalue weighted by Gasteiger charge is -2.37. The normalized spacial score (nSPS) is 20.7. The maximum atomic E-state index is 12.8. The zero-order valence-corrected chi connectivity index (χ0v) is 14.3. The number of rotatable bonds is 7. The second-order valence-electron chi connectivity index (χ2n) is 6.24. The van der Waals surface area contributed by atoms with E-state index in [-0.39, 0.29) is 12.5 Å². The van der Waals surface area contributed by atoms with Crippen LogP contribution in [0.5, 0.6) is 5.75 Å². The molecule has 1 atom stereocenters. The molecule has 1 aromatic rings. The first-order valence-electron chi connectivity index (χ1n) is 8.30. The Hall–Kier alpha value is -2.08. The number of ether oxygens (including phenoxy) is 2. The molecule has 0 bridgehead atoms. The van der Waals surface area contributed by atoms with Crippen molar-refractivity contribution in [3.8, 4) is 5.75 Å². The van der Waals surface area contributed by atoms with Gasteiger partial charge in [0.05, 0.1) is 17.6 Å². The molecule has 1 unspecified atom stereocenters. The standard InChI is InChI=1S/C18H25NO5/c1-3-23-11-12-24-15-8-5-4-7-14(15)16(20)19-10-6-9-18(2,13-19)17(21)22/h4-5,7-8H,3,6,9-13H2,1-2H3,(H,21,22). The summed E-state index contributed by atoms with van der Waals surface area (Å²) in [5, 5.41) is 9.41. The monoisotopic (exact) mass is 335 g/mol. The summed E-state index contributed by atoms with van der Waals surface area (Å²) < 4.78 is 10.9. The smallest absolute Gasteiger partial charge is 0.311 e. The fourth-order valence-corrected chi connectivity index (χ4v) is 2.88. The third kappa shape index (κ3) is 4.26. The predicted octanol–water partition coefficient (Wildman–Crippen LogP) is 2.43. The van der Waals surface area contributed by atoms with Gasteiger partial charge < -0.3 is 19.5 Å². The highest BCUT2D eigenvalue weighted by Crippen LogP contribution is 2.31. The summed E-state index contributed by atoms with van der Waals surface area (Å²) >= 11 is 0. The van der Waals surface area contributed by atoms with Crippen molar-refractivity contribution in [1.29, 1.82) is 0 Å². The molecular formula is C18H25NO5. The minimum absolute atomic E-state index is 0.186. The molecule has 6 nitrogen and oxygen atoms in total. The molecule has 1 amide bonds. The molecule has 132 valence electrons. The molecule has 1 heterocycles. The molecule has 6 heteroatoms. The van der Waals surface area contributed by atoms with Gasteiger partial charge in [0.25, 0.3) is 5.91 Å². The molecule has 1 saturated heterocycles. The lowest BCUT2D eigenvalue weighted by atomic mass is 9.82. The quantitative estimate of drug-likeness (QED) is 0.775. The number of carboxylic acids is 1. The summed E-state index contributed by atoms with van der Waals surface area (Å²) in [6.45, 7) is 5.83. The molecule has 0 aromatic heterocycles. The minimum Gasteiger partial charge on any atom is -0.490 e. The second kappa shape index (κ2) is 8.15. The first kappa shape index (κ1) is 18.3. The van der Waals surface area contributed by atoms with E-state index in [1.54, 1.807) is 30.0 Å². The van der Waals surface area contributed by atoms with Gasteiger partial charge in [0, 0.05) is 19.7 Å². The average Bonchev–Trinajstić information content (AvgIpc) is 2.58. The zero-order chi connectivity index (χ0) is 17.6. The van der Waals surface area contributed by atoms with Crippen LogP contribution in [0.2, 0.25) is 0 Å². The van der Waals surface area contributed by atoms with Gasteiger partial charge in [-0.15, -0.1) is 0 Å². The van der Waals surface area contributed by atoms with Gasteiger partial charge >= 0.3 is 5.97 Å². The highest BCUT2D eigenvalue weighted by molar-refractivity contribution is 5.97. The van der Waals surface area contributed by atoms with Crippen LogP contribution in [0.4, 0.5) is 0 Å². The molecule has 1 aliphatic rings. The van der Waals surface area contributed by atoms with Crippen LogP contribution in [0, 0.1) is 5.41 Å². The number of piperidine rings is 1. The highest BCUT2D eigenvalue weighted by Gasteiger charge is 2.39. The lowest BCUT2D eigenvalue weighted by molar-refractivity contribution is -0.150. The molecule has 1 N–H and O–H groups in total. The Bertz CT molecular complexity index is 589. The van der Waals surface area contributed by atoms with E-state index in [9.17, 15) is 14.7 Å². The predicted molar refractivity (Wildman–Crippen MR) is 89.3 cm³/mol. The maximum Gasteiger partial charge on any atom is 0.311 e. The van der Waals surface area contributed by atoms with Crippen molar-refractivity contribution in [2.24, 2.45) is 5.41 Å². The number of carbonyl (C=O) groups excluding carboxylic acids is 1. The number of amides is 1. The number of aliphatic carboxylic acids is 1. The number of hydrogen-bond donors (Lipinski definition) is 1. The number of likely N-dealkylation sites (tertiary alicyclic amines) is 1. The molecule has 0 spiro atoms. The van der Waals surface area contributed by atoms with Crippen LogP contribution >= 0.6 is 0 Å². The van der Waals surface area contributed by atoms with Gasteiger partial charge in [-0.2, -0.15) is 0 Å². The van der Waals surface area contributed by atoms with Crippen LogP contribution in [0.25, 0.3) is 0 Å². The Morgan fingerprint density at radius 1 is 1.29 bits per heavy atom.